The van der Waals surface area contributed by atoms with Crippen molar-refractivity contribution >= 4 is 5.91 Å². The quantitative estimate of drug-likeness (QED) is 0.838. The van der Waals surface area contributed by atoms with Crippen LogP contribution >= 0.6 is 0 Å². The maximum Gasteiger partial charge on any atom is 0.227 e. The molecule has 0 radical (unpaired) electrons. The number of fused-ring (bicyclic) bond motifs is 1. The van der Waals surface area contributed by atoms with Gasteiger partial charge in [0.15, 0.2) is 0 Å². The van der Waals surface area contributed by atoms with Gasteiger partial charge in [-0.05, 0) is 30.5 Å². The highest BCUT2D eigenvalue weighted by atomic mass is 16.5. The summed E-state index contributed by atoms with van der Waals surface area (Å²) in [6.45, 7) is 2.34. The first-order chi connectivity index (χ1) is 12.3. The molecule has 2 unspecified atom stereocenters. The van der Waals surface area contributed by atoms with Gasteiger partial charge in [0.2, 0.25) is 5.91 Å². The molecule has 0 spiro atoms. The molecule has 0 bridgehead atoms. The molecule has 2 heterocycles. The summed E-state index contributed by atoms with van der Waals surface area (Å²) in [6, 6.07) is 20.6. The summed E-state index contributed by atoms with van der Waals surface area (Å²) in [5, 5.41) is 0. The molecule has 2 aromatic rings. The molecule has 2 atom stereocenters. The zero-order valence-corrected chi connectivity index (χ0v) is 14.4. The molecule has 0 aliphatic carbocycles. The van der Waals surface area contributed by atoms with Crippen LogP contribution in [-0.2, 0) is 4.79 Å². The van der Waals surface area contributed by atoms with Crippen molar-refractivity contribution in [1.29, 1.82) is 0 Å². The van der Waals surface area contributed by atoms with Crippen molar-refractivity contribution in [2.45, 2.75) is 31.5 Å². The topological polar surface area (TPSA) is 32.8 Å². The first-order valence-corrected chi connectivity index (χ1v) is 9.11. The van der Waals surface area contributed by atoms with Crippen molar-refractivity contribution in [3.8, 4) is 5.75 Å². The lowest BCUT2D eigenvalue weighted by Crippen LogP contribution is -2.35. The van der Waals surface area contributed by atoms with Crippen LogP contribution in [0.25, 0.3) is 0 Å². The maximum absolute atomic E-state index is 12.9. The van der Waals surface area contributed by atoms with E-state index < -0.39 is 0 Å². The number of amides is 1. The number of para-hydroxylation sites is 1. The van der Waals surface area contributed by atoms with Crippen molar-refractivity contribution < 1.29 is 9.53 Å². The first-order valence-electron chi connectivity index (χ1n) is 9.11. The molecule has 2 aliphatic rings. The Hall–Kier alpha value is -2.33. The van der Waals surface area contributed by atoms with Crippen LogP contribution in [0.1, 0.15) is 31.0 Å². The van der Waals surface area contributed by atoms with E-state index in [1.54, 1.807) is 0 Å². The standard InChI is InChI=1S/C21H24N2O2/c24-20(13-15-25-19-11-5-2-6-12-19)23-16-18-10-7-14-22(18)21(23)17-8-3-1-4-9-17/h1-6,8-9,11-12,18,21H,7,10,13-16H2. The van der Waals surface area contributed by atoms with Crippen LogP contribution in [0.3, 0.4) is 0 Å². The number of hydrogen-bond donors (Lipinski definition) is 0. The van der Waals surface area contributed by atoms with Crippen LogP contribution in [0, 0.1) is 0 Å². The van der Waals surface area contributed by atoms with E-state index in [0.29, 0.717) is 19.1 Å². The van der Waals surface area contributed by atoms with E-state index in [0.717, 1.165) is 18.8 Å². The van der Waals surface area contributed by atoms with Crippen molar-refractivity contribution in [1.82, 2.24) is 9.80 Å². The number of carbonyl (C=O) groups is 1. The van der Waals surface area contributed by atoms with E-state index in [4.69, 9.17) is 4.74 Å². The third kappa shape index (κ3) is 3.40. The average Bonchev–Trinajstić information content (AvgIpc) is 3.24. The van der Waals surface area contributed by atoms with Gasteiger partial charge in [0, 0.05) is 19.1 Å². The van der Waals surface area contributed by atoms with Gasteiger partial charge in [0.05, 0.1) is 13.0 Å². The van der Waals surface area contributed by atoms with Crippen molar-refractivity contribution in [2.75, 3.05) is 19.7 Å². The molecule has 130 valence electrons. The zero-order chi connectivity index (χ0) is 17.1. The molecular formula is C21H24N2O2. The van der Waals surface area contributed by atoms with E-state index in [1.165, 1.54) is 18.4 Å². The number of hydrogen-bond acceptors (Lipinski definition) is 3. The van der Waals surface area contributed by atoms with E-state index in [-0.39, 0.29) is 12.1 Å². The number of benzene rings is 2. The largest absolute Gasteiger partial charge is 0.493 e. The number of rotatable bonds is 5. The van der Waals surface area contributed by atoms with Crippen LogP contribution in [0.15, 0.2) is 60.7 Å². The molecule has 2 fully saturated rings. The van der Waals surface area contributed by atoms with Gasteiger partial charge in [-0.2, -0.15) is 0 Å². The Kier molecular flexibility index (Phi) is 4.70. The third-order valence-corrected chi connectivity index (χ3v) is 5.19. The summed E-state index contributed by atoms with van der Waals surface area (Å²) in [7, 11) is 0. The van der Waals surface area contributed by atoms with E-state index in [1.807, 2.05) is 41.3 Å². The summed E-state index contributed by atoms with van der Waals surface area (Å²) in [5.41, 5.74) is 1.21. The maximum atomic E-state index is 12.9. The molecule has 4 rings (SSSR count). The SMILES string of the molecule is O=C(CCOc1ccccc1)N1CC2CCCN2C1c1ccccc1. The first kappa shape index (κ1) is 16.2. The Morgan fingerprint density at radius 2 is 1.76 bits per heavy atom. The Balaban J connectivity index is 1.43. The normalized spacial score (nSPS) is 22.8. The monoisotopic (exact) mass is 336 g/mol. The summed E-state index contributed by atoms with van der Waals surface area (Å²) in [5.74, 6) is 0.996. The highest BCUT2D eigenvalue weighted by Crippen LogP contribution is 2.38. The van der Waals surface area contributed by atoms with E-state index in [2.05, 4.69) is 29.2 Å². The second-order valence-corrected chi connectivity index (χ2v) is 6.78. The fraction of sp³-hybridized carbons (Fsp3) is 0.381. The van der Waals surface area contributed by atoms with Crippen LogP contribution in [0.4, 0.5) is 0 Å². The van der Waals surface area contributed by atoms with Gasteiger partial charge in [-0.25, -0.2) is 0 Å². The summed E-state index contributed by atoms with van der Waals surface area (Å²) >= 11 is 0. The Labute approximate surface area is 149 Å². The lowest BCUT2D eigenvalue weighted by atomic mass is 10.1. The number of nitrogens with zero attached hydrogens (tertiary/aromatic N) is 2. The van der Waals surface area contributed by atoms with Gasteiger partial charge in [-0.15, -0.1) is 0 Å². The van der Waals surface area contributed by atoms with Crippen LogP contribution < -0.4 is 4.74 Å². The predicted octanol–water partition coefficient (Wildman–Crippen LogP) is 3.46. The van der Waals surface area contributed by atoms with E-state index in [9.17, 15) is 4.79 Å². The van der Waals surface area contributed by atoms with Crippen molar-refractivity contribution in [3.05, 3.63) is 66.2 Å². The third-order valence-electron chi connectivity index (χ3n) is 5.19. The van der Waals surface area contributed by atoms with Gasteiger partial charge in [0.1, 0.15) is 11.9 Å². The van der Waals surface area contributed by atoms with Crippen molar-refractivity contribution in [3.63, 3.8) is 0 Å². The van der Waals surface area contributed by atoms with Gasteiger partial charge in [0.25, 0.3) is 0 Å². The van der Waals surface area contributed by atoms with E-state index >= 15 is 0 Å². The lowest BCUT2D eigenvalue weighted by molar-refractivity contribution is -0.134. The van der Waals surface area contributed by atoms with Crippen LogP contribution in [0.5, 0.6) is 5.75 Å². The van der Waals surface area contributed by atoms with Gasteiger partial charge in [-0.1, -0.05) is 48.5 Å². The summed E-state index contributed by atoms with van der Waals surface area (Å²) in [4.78, 5) is 17.4. The van der Waals surface area contributed by atoms with Gasteiger partial charge < -0.3 is 9.64 Å². The molecule has 4 heteroatoms. The highest BCUT2D eigenvalue weighted by molar-refractivity contribution is 5.77. The smallest absolute Gasteiger partial charge is 0.227 e. The average molecular weight is 336 g/mol. The number of carbonyl (C=O) groups excluding carboxylic acids is 1. The predicted molar refractivity (Wildman–Crippen MR) is 97.2 cm³/mol. The zero-order valence-electron chi connectivity index (χ0n) is 14.4. The Bertz CT molecular complexity index is 704. The minimum atomic E-state index is 0.0814. The molecule has 2 aliphatic heterocycles. The lowest BCUT2D eigenvalue weighted by Gasteiger charge is -2.30. The molecule has 0 saturated carbocycles. The number of ether oxygens (including phenoxy) is 1. The minimum Gasteiger partial charge on any atom is -0.493 e. The summed E-state index contributed by atoms with van der Waals surface area (Å²) in [6.07, 6.45) is 2.91. The fourth-order valence-corrected chi connectivity index (χ4v) is 4.03. The summed E-state index contributed by atoms with van der Waals surface area (Å²) < 4.78 is 5.71. The second kappa shape index (κ2) is 7.28. The molecule has 0 N–H and O–H groups in total. The fourth-order valence-electron chi connectivity index (χ4n) is 4.03. The molecule has 1 amide bonds. The van der Waals surface area contributed by atoms with Gasteiger partial charge in [-0.3, -0.25) is 9.69 Å². The molecule has 0 aromatic heterocycles. The molecular weight excluding hydrogens is 312 g/mol. The second-order valence-electron chi connectivity index (χ2n) is 6.78. The Morgan fingerprint density at radius 1 is 1.04 bits per heavy atom. The highest BCUT2D eigenvalue weighted by Gasteiger charge is 2.44. The molecule has 2 saturated heterocycles. The molecule has 2 aromatic carbocycles. The van der Waals surface area contributed by atoms with Gasteiger partial charge >= 0.3 is 0 Å². The van der Waals surface area contributed by atoms with Crippen LogP contribution in [0.2, 0.25) is 0 Å². The minimum absolute atomic E-state index is 0.0814. The van der Waals surface area contributed by atoms with Crippen molar-refractivity contribution in [2.24, 2.45) is 0 Å². The van der Waals surface area contributed by atoms with Crippen LogP contribution in [-0.4, -0.2) is 41.4 Å². The molecule has 4 nitrogen and oxygen atoms in total. The Morgan fingerprint density at radius 3 is 2.52 bits per heavy atom. The molecule has 25 heavy (non-hydrogen) atoms.